The molecule has 0 saturated carbocycles. The summed E-state index contributed by atoms with van der Waals surface area (Å²) in [5.41, 5.74) is 2.03. The highest BCUT2D eigenvalue weighted by Crippen LogP contribution is 2.40. The molecule has 0 unspecified atom stereocenters. The number of rotatable bonds is 4. The normalized spacial score (nSPS) is 12.3. The zero-order chi connectivity index (χ0) is 28.2. The number of carbonyl (C=O) groups is 1. The van der Waals surface area contributed by atoms with Crippen LogP contribution >= 0.6 is 8.24 Å². The fraction of sp³-hybridized carbons (Fsp3) is 0.182. The lowest BCUT2D eigenvalue weighted by atomic mass is 9.98. The van der Waals surface area contributed by atoms with Crippen molar-refractivity contribution in [2.75, 3.05) is 0 Å². The Bertz CT molecular complexity index is 1850. The Hall–Kier alpha value is -3.58. The molecular weight excluding hydrogens is 548 g/mol. The van der Waals surface area contributed by atoms with Crippen LogP contribution in [0.15, 0.2) is 99.4 Å². The minimum Gasteiger partial charge on any atom is -0.390 e. The van der Waals surface area contributed by atoms with E-state index in [1.165, 1.54) is 21.1 Å². The summed E-state index contributed by atoms with van der Waals surface area (Å²) in [6.45, 7) is 13.9. The van der Waals surface area contributed by atoms with E-state index in [-0.39, 0.29) is 0 Å². The van der Waals surface area contributed by atoms with E-state index in [1.54, 1.807) is 12.1 Å². The first-order valence-electron chi connectivity index (χ1n) is 13.6. The minimum absolute atomic E-state index is 0.456. The monoisotopic (exact) mass is 580 g/mol. The van der Waals surface area contributed by atoms with Crippen molar-refractivity contribution in [2.24, 2.45) is 0 Å². The third-order valence-electron chi connectivity index (χ3n) is 7.37. The Morgan fingerprint density at radius 1 is 0.625 bits per heavy atom. The molecule has 6 aromatic rings. The summed E-state index contributed by atoms with van der Waals surface area (Å²) < 4.78 is 19.6. The molecule has 40 heavy (non-hydrogen) atoms. The zero-order valence-electron chi connectivity index (χ0n) is 23.7. The van der Waals surface area contributed by atoms with Crippen LogP contribution in [0.1, 0.15) is 10.4 Å². The highest BCUT2D eigenvalue weighted by molar-refractivity contribution is 7.32. The number of fused-ring (bicyclic) bond motifs is 7. The molecule has 0 atom stereocenters. The molecule has 1 heterocycles. The second-order valence-electron chi connectivity index (χ2n) is 12.3. The predicted molar refractivity (Wildman–Crippen MR) is 175 cm³/mol. The van der Waals surface area contributed by atoms with Crippen LogP contribution in [0.2, 0.25) is 39.3 Å². The molecule has 7 heteroatoms. The molecule has 5 aromatic carbocycles. The molecule has 6 rings (SSSR count). The van der Waals surface area contributed by atoms with E-state index < -0.39 is 30.4 Å². The molecule has 4 nitrogen and oxygen atoms in total. The van der Waals surface area contributed by atoms with Crippen molar-refractivity contribution >= 4 is 84.2 Å². The SMILES string of the molecule is C[Si](C)(C)c1cc2ccccc2c2c1op(OC(=O)c1ccccc1)oc1c([Si](C)(C)C)cc3ccccc3c12. The molecule has 0 fully saturated rings. The summed E-state index contributed by atoms with van der Waals surface area (Å²) in [6.07, 6.45) is 0. The van der Waals surface area contributed by atoms with Crippen molar-refractivity contribution < 1.29 is 17.7 Å². The lowest BCUT2D eigenvalue weighted by Crippen LogP contribution is -2.38. The topological polar surface area (TPSA) is 52.6 Å². The van der Waals surface area contributed by atoms with Gasteiger partial charge in [0.15, 0.2) is 0 Å². The average Bonchev–Trinajstić information content (AvgIpc) is 3.08. The fourth-order valence-corrected chi connectivity index (χ4v) is 9.45. The van der Waals surface area contributed by atoms with E-state index in [4.69, 9.17) is 12.9 Å². The van der Waals surface area contributed by atoms with E-state index in [9.17, 15) is 4.79 Å². The second kappa shape index (κ2) is 9.81. The lowest BCUT2D eigenvalue weighted by molar-refractivity contribution is 0.0791. The van der Waals surface area contributed by atoms with Crippen molar-refractivity contribution in [3.05, 3.63) is 96.6 Å². The van der Waals surface area contributed by atoms with Crippen LogP contribution in [0, 0.1) is 0 Å². The van der Waals surface area contributed by atoms with Crippen molar-refractivity contribution in [3.63, 3.8) is 0 Å². The van der Waals surface area contributed by atoms with E-state index in [1.807, 2.05) is 18.2 Å². The van der Waals surface area contributed by atoms with Gasteiger partial charge in [0.2, 0.25) is 0 Å². The molecule has 202 valence electrons. The Kier molecular flexibility index (Phi) is 6.53. The van der Waals surface area contributed by atoms with Gasteiger partial charge in [-0.05, 0) is 44.1 Å². The molecule has 0 radical (unpaired) electrons. The fourth-order valence-electron chi connectivity index (χ4n) is 5.36. The standard InChI is InChI=1S/C33H33O4PSi2/c1-39(2,3)27-20-23-16-10-12-18-25(23)29-30-26-19-13-11-17-24(26)21-28(40(4,5)6)32(30)36-38(35-31(27)29)37-33(34)22-14-8-7-9-15-22/h7-21H,1-6H3. The maximum absolute atomic E-state index is 13.3. The Morgan fingerprint density at radius 3 is 1.50 bits per heavy atom. The summed E-state index contributed by atoms with van der Waals surface area (Å²) >= 11 is 0. The first-order valence-corrected chi connectivity index (χ1v) is 21.7. The second-order valence-corrected chi connectivity index (χ2v) is 23.4. The summed E-state index contributed by atoms with van der Waals surface area (Å²) in [5, 5.41) is 8.98. The van der Waals surface area contributed by atoms with Gasteiger partial charge in [-0.3, -0.25) is 0 Å². The van der Waals surface area contributed by atoms with Gasteiger partial charge in [0.1, 0.15) is 11.2 Å². The molecule has 0 N–H and O–H groups in total. The largest absolute Gasteiger partial charge is 0.455 e. The average molecular weight is 581 g/mol. The third kappa shape index (κ3) is 4.70. The third-order valence-corrected chi connectivity index (χ3v) is 12.3. The first-order chi connectivity index (χ1) is 19.0. The quantitative estimate of drug-likeness (QED) is 0.195. The summed E-state index contributed by atoms with van der Waals surface area (Å²) in [5.74, 6) is -0.456. The molecule has 0 aliphatic carbocycles. The van der Waals surface area contributed by atoms with Gasteiger partial charge < -0.3 is 12.9 Å². The van der Waals surface area contributed by atoms with Crippen LogP contribution < -0.4 is 14.9 Å². The number of carbonyl (C=O) groups excluding carboxylic acids is 1. The summed E-state index contributed by atoms with van der Waals surface area (Å²) in [4.78, 5) is 13.3. The number of hydrogen-bond acceptors (Lipinski definition) is 4. The van der Waals surface area contributed by atoms with Crippen molar-refractivity contribution in [2.45, 2.75) is 39.3 Å². The highest BCUT2D eigenvalue weighted by atomic mass is 31.1. The lowest BCUT2D eigenvalue weighted by Gasteiger charge is -2.20. The molecule has 0 bridgehead atoms. The Labute approximate surface area is 237 Å². The van der Waals surface area contributed by atoms with Crippen molar-refractivity contribution in [3.8, 4) is 0 Å². The molecule has 0 saturated heterocycles. The van der Waals surface area contributed by atoms with Gasteiger partial charge in [-0.1, -0.05) is 118 Å². The highest BCUT2D eigenvalue weighted by Gasteiger charge is 2.28. The Balaban J connectivity index is 1.88. The number of hydrogen-bond donors (Lipinski definition) is 0. The molecule has 1 aromatic heterocycles. The molecule has 0 amide bonds. The minimum atomic E-state index is -2.08. The maximum atomic E-state index is 13.3. The molecule has 0 aliphatic rings. The summed E-state index contributed by atoms with van der Waals surface area (Å²) in [7, 11) is -5.93. The van der Waals surface area contributed by atoms with E-state index in [2.05, 4.69) is 99.9 Å². The van der Waals surface area contributed by atoms with Gasteiger partial charge in [-0.2, -0.15) is 0 Å². The van der Waals surface area contributed by atoms with Gasteiger partial charge in [0.05, 0.1) is 21.7 Å². The first kappa shape index (κ1) is 26.6. The smallest absolute Gasteiger partial charge is 0.390 e. The van der Waals surface area contributed by atoms with Crippen LogP contribution in [-0.2, 0) is 0 Å². The van der Waals surface area contributed by atoms with Crippen molar-refractivity contribution in [1.82, 2.24) is 0 Å². The molecule has 0 spiro atoms. The van der Waals surface area contributed by atoms with E-state index in [0.717, 1.165) is 32.7 Å². The molecule has 0 aliphatic heterocycles. The van der Waals surface area contributed by atoms with Crippen LogP contribution in [0.25, 0.3) is 43.5 Å². The van der Waals surface area contributed by atoms with Gasteiger partial charge in [0.25, 0.3) is 0 Å². The van der Waals surface area contributed by atoms with Crippen molar-refractivity contribution in [1.29, 1.82) is 0 Å². The number of benzene rings is 5. The predicted octanol–water partition coefficient (Wildman–Crippen LogP) is 8.96. The van der Waals surface area contributed by atoms with Crippen LogP contribution in [0.5, 0.6) is 0 Å². The zero-order valence-corrected chi connectivity index (χ0v) is 26.6. The van der Waals surface area contributed by atoms with Gasteiger partial charge in [-0.25, -0.2) is 4.79 Å². The van der Waals surface area contributed by atoms with Gasteiger partial charge >= 0.3 is 14.2 Å². The maximum Gasteiger partial charge on any atom is 0.455 e. The van der Waals surface area contributed by atoms with Crippen LogP contribution in [0.3, 0.4) is 0 Å². The van der Waals surface area contributed by atoms with E-state index in [0.29, 0.717) is 5.56 Å². The van der Waals surface area contributed by atoms with Gasteiger partial charge in [-0.15, -0.1) is 0 Å². The Morgan fingerprint density at radius 2 is 1.05 bits per heavy atom. The molecular formula is C33H33O4PSi2. The summed E-state index contributed by atoms with van der Waals surface area (Å²) in [6, 6.07) is 30.6. The van der Waals surface area contributed by atoms with Crippen LogP contribution in [0.4, 0.5) is 0 Å². The van der Waals surface area contributed by atoms with E-state index >= 15 is 0 Å². The van der Waals surface area contributed by atoms with Crippen LogP contribution in [-0.4, -0.2) is 22.1 Å². The van der Waals surface area contributed by atoms with Gasteiger partial charge in [0, 0.05) is 10.8 Å².